The van der Waals surface area contributed by atoms with Crippen LogP contribution in [0.5, 0.6) is 11.5 Å². The Kier molecular flexibility index (Phi) is 5.28. The maximum atomic E-state index is 5.46. The minimum absolute atomic E-state index is 0.255. The maximum absolute atomic E-state index is 5.46. The average Bonchev–Trinajstić information content (AvgIpc) is 3.20. The molecule has 144 valence electrons. The second-order valence-electron chi connectivity index (χ2n) is 6.77. The Morgan fingerprint density at radius 2 is 1.82 bits per heavy atom. The van der Waals surface area contributed by atoms with Crippen molar-refractivity contribution < 1.29 is 9.47 Å². The summed E-state index contributed by atoms with van der Waals surface area (Å²) in [6.07, 6.45) is 2.26. The normalized spacial score (nSPS) is 12.1. The molecule has 0 aliphatic carbocycles. The van der Waals surface area contributed by atoms with Crippen molar-refractivity contribution in [3.63, 3.8) is 0 Å². The number of anilines is 3. The number of hydrogen-bond acceptors (Lipinski definition) is 6. The summed E-state index contributed by atoms with van der Waals surface area (Å²) in [6, 6.07) is 17.9. The molecule has 0 atom stereocenters. The number of rotatable bonds is 7. The fourth-order valence-corrected chi connectivity index (χ4v) is 3.06. The van der Waals surface area contributed by atoms with Crippen molar-refractivity contribution in [2.45, 2.75) is 19.8 Å². The number of nitrogens with one attached hydrogen (secondary N) is 1. The summed E-state index contributed by atoms with van der Waals surface area (Å²) in [6.45, 7) is 3.40. The van der Waals surface area contributed by atoms with E-state index in [1.807, 2.05) is 42.5 Å². The van der Waals surface area contributed by atoms with E-state index in [-0.39, 0.29) is 6.79 Å². The first-order valence-electron chi connectivity index (χ1n) is 9.55. The first-order chi connectivity index (χ1) is 13.7. The summed E-state index contributed by atoms with van der Waals surface area (Å²) in [4.78, 5) is 11.6. The van der Waals surface area contributed by atoms with Gasteiger partial charge in [0.25, 0.3) is 0 Å². The summed E-state index contributed by atoms with van der Waals surface area (Å²) in [5.41, 5.74) is 2.80. The molecule has 0 fully saturated rings. The predicted octanol–water partition coefficient (Wildman–Crippen LogP) is 4.85. The van der Waals surface area contributed by atoms with Gasteiger partial charge in [0.2, 0.25) is 12.7 Å². The molecule has 0 saturated carbocycles. The van der Waals surface area contributed by atoms with Gasteiger partial charge in [-0.05, 0) is 18.6 Å². The van der Waals surface area contributed by atoms with Crippen molar-refractivity contribution in [2.75, 3.05) is 30.6 Å². The number of fused-ring (bicyclic) bond motifs is 1. The Bertz CT molecular complexity index is 947. The van der Waals surface area contributed by atoms with Crippen molar-refractivity contribution in [1.29, 1.82) is 0 Å². The summed E-state index contributed by atoms with van der Waals surface area (Å²) in [7, 11) is 2.07. The topological polar surface area (TPSA) is 59.5 Å². The van der Waals surface area contributed by atoms with E-state index >= 15 is 0 Å². The van der Waals surface area contributed by atoms with E-state index < -0.39 is 0 Å². The molecule has 1 aliphatic rings. The van der Waals surface area contributed by atoms with Crippen molar-refractivity contribution in [2.24, 2.45) is 0 Å². The molecule has 28 heavy (non-hydrogen) atoms. The molecule has 2 heterocycles. The molecule has 4 rings (SSSR count). The number of unbranched alkanes of at least 4 members (excludes halogenated alkanes) is 1. The van der Waals surface area contributed by atoms with Crippen LogP contribution < -0.4 is 19.7 Å². The van der Waals surface area contributed by atoms with Gasteiger partial charge in [0.05, 0.1) is 5.69 Å². The van der Waals surface area contributed by atoms with Crippen LogP contribution in [0.3, 0.4) is 0 Å². The molecule has 0 spiro atoms. The zero-order valence-corrected chi connectivity index (χ0v) is 16.2. The third-order valence-electron chi connectivity index (χ3n) is 4.65. The van der Waals surface area contributed by atoms with Gasteiger partial charge in [-0.2, -0.15) is 4.98 Å². The van der Waals surface area contributed by atoms with Gasteiger partial charge < -0.3 is 19.7 Å². The second kappa shape index (κ2) is 8.17. The first kappa shape index (κ1) is 18.1. The lowest BCUT2D eigenvalue weighted by molar-refractivity contribution is 0.174. The molecule has 2 aromatic carbocycles. The van der Waals surface area contributed by atoms with Crippen LogP contribution in [0, 0.1) is 0 Å². The molecule has 0 unspecified atom stereocenters. The predicted molar refractivity (Wildman–Crippen MR) is 111 cm³/mol. The van der Waals surface area contributed by atoms with Gasteiger partial charge in [-0.1, -0.05) is 43.7 Å². The van der Waals surface area contributed by atoms with E-state index in [2.05, 4.69) is 36.3 Å². The zero-order valence-electron chi connectivity index (χ0n) is 16.2. The van der Waals surface area contributed by atoms with Gasteiger partial charge in [-0.25, -0.2) is 4.98 Å². The molecule has 0 saturated heterocycles. The van der Waals surface area contributed by atoms with E-state index in [4.69, 9.17) is 19.4 Å². The Morgan fingerprint density at radius 1 is 1.00 bits per heavy atom. The molecule has 0 bridgehead atoms. The van der Waals surface area contributed by atoms with E-state index in [1.165, 1.54) is 0 Å². The monoisotopic (exact) mass is 376 g/mol. The van der Waals surface area contributed by atoms with E-state index in [0.717, 1.165) is 53.6 Å². The van der Waals surface area contributed by atoms with Crippen LogP contribution in [-0.4, -0.2) is 30.4 Å². The Hall–Kier alpha value is -3.28. The second-order valence-corrected chi connectivity index (χ2v) is 6.77. The van der Waals surface area contributed by atoms with Crippen LogP contribution in [-0.2, 0) is 0 Å². The Morgan fingerprint density at radius 3 is 2.64 bits per heavy atom. The van der Waals surface area contributed by atoms with E-state index in [9.17, 15) is 0 Å². The van der Waals surface area contributed by atoms with Crippen molar-refractivity contribution in [3.8, 4) is 22.8 Å². The maximum Gasteiger partial charge on any atom is 0.231 e. The van der Waals surface area contributed by atoms with Gasteiger partial charge in [-0.15, -0.1) is 0 Å². The lowest BCUT2D eigenvalue weighted by Gasteiger charge is -2.19. The molecular weight excluding hydrogens is 352 g/mol. The molecule has 3 aromatic rings. The molecule has 6 heteroatoms. The van der Waals surface area contributed by atoms with Crippen LogP contribution in [0.25, 0.3) is 11.3 Å². The number of benzene rings is 2. The highest BCUT2D eigenvalue weighted by Crippen LogP contribution is 2.35. The van der Waals surface area contributed by atoms with Crippen molar-refractivity contribution >= 4 is 17.5 Å². The lowest BCUT2D eigenvalue weighted by atomic mass is 10.1. The smallest absolute Gasteiger partial charge is 0.231 e. The quantitative estimate of drug-likeness (QED) is 0.636. The van der Waals surface area contributed by atoms with Crippen molar-refractivity contribution in [3.05, 3.63) is 54.6 Å². The highest BCUT2D eigenvalue weighted by molar-refractivity contribution is 5.67. The van der Waals surface area contributed by atoms with Gasteiger partial charge in [-0.3, -0.25) is 0 Å². The number of aromatic nitrogens is 2. The largest absolute Gasteiger partial charge is 0.454 e. The molecule has 0 amide bonds. The Labute approximate surface area is 165 Å². The van der Waals surface area contributed by atoms with Crippen LogP contribution in [0.1, 0.15) is 19.8 Å². The molecule has 1 aromatic heterocycles. The number of nitrogens with zero attached hydrogens (tertiary/aromatic N) is 3. The minimum atomic E-state index is 0.255. The summed E-state index contributed by atoms with van der Waals surface area (Å²) in [5.74, 6) is 2.93. The molecule has 1 N–H and O–H groups in total. The molecule has 1 aliphatic heterocycles. The SMILES string of the molecule is CCCCN(C)c1cc(-c2ccccc2)nc(Nc2ccc3c(c2)OCO3)n1. The molecule has 6 nitrogen and oxygen atoms in total. The number of ether oxygens (including phenoxy) is 2. The van der Waals surface area contributed by atoms with Crippen LogP contribution in [0.4, 0.5) is 17.5 Å². The highest BCUT2D eigenvalue weighted by atomic mass is 16.7. The van der Waals surface area contributed by atoms with Gasteiger partial charge >= 0.3 is 0 Å². The summed E-state index contributed by atoms with van der Waals surface area (Å²) in [5, 5.41) is 3.31. The standard InChI is InChI=1S/C22H24N4O2/c1-3-4-12-26(2)21-14-18(16-8-6-5-7-9-16)24-22(25-21)23-17-10-11-19-20(13-17)28-15-27-19/h5-11,13-14H,3-4,12,15H2,1-2H3,(H,23,24,25). The van der Waals surface area contributed by atoms with Crippen molar-refractivity contribution in [1.82, 2.24) is 9.97 Å². The summed E-state index contributed by atoms with van der Waals surface area (Å²) >= 11 is 0. The summed E-state index contributed by atoms with van der Waals surface area (Å²) < 4.78 is 10.8. The van der Waals surface area contributed by atoms with E-state index in [0.29, 0.717) is 5.95 Å². The first-order valence-corrected chi connectivity index (χ1v) is 9.55. The van der Waals surface area contributed by atoms with Gasteiger partial charge in [0.1, 0.15) is 5.82 Å². The minimum Gasteiger partial charge on any atom is -0.454 e. The van der Waals surface area contributed by atoms with E-state index in [1.54, 1.807) is 0 Å². The fraction of sp³-hybridized carbons (Fsp3) is 0.273. The fourth-order valence-electron chi connectivity index (χ4n) is 3.06. The Balaban J connectivity index is 1.67. The van der Waals surface area contributed by atoms with Gasteiger partial charge in [0, 0.05) is 37.0 Å². The average molecular weight is 376 g/mol. The van der Waals surface area contributed by atoms with Crippen LogP contribution in [0.15, 0.2) is 54.6 Å². The van der Waals surface area contributed by atoms with Gasteiger partial charge in [0.15, 0.2) is 11.5 Å². The lowest BCUT2D eigenvalue weighted by Crippen LogP contribution is -2.20. The molecule has 0 radical (unpaired) electrons. The van der Waals surface area contributed by atoms with Crippen LogP contribution in [0.2, 0.25) is 0 Å². The zero-order chi connectivity index (χ0) is 19.3. The highest BCUT2D eigenvalue weighted by Gasteiger charge is 2.15. The molecular formula is C22H24N4O2. The van der Waals surface area contributed by atoms with Crippen LogP contribution >= 0.6 is 0 Å². The third kappa shape index (κ3) is 4.01. The number of hydrogen-bond donors (Lipinski definition) is 1. The third-order valence-corrected chi connectivity index (χ3v) is 4.65.